The van der Waals surface area contributed by atoms with Crippen LogP contribution < -0.4 is 20.1 Å². The molecule has 0 saturated carbocycles. The van der Waals surface area contributed by atoms with Crippen molar-refractivity contribution in [3.63, 3.8) is 0 Å². The fraction of sp³-hybridized carbons (Fsp3) is 0.278. The summed E-state index contributed by atoms with van der Waals surface area (Å²) in [6.07, 6.45) is 0.790. The Bertz CT molecular complexity index is 609. The van der Waals surface area contributed by atoms with Gasteiger partial charge in [-0.3, -0.25) is 4.79 Å². The standard InChI is InChI=1S/C18H22N2O3/c1-22-16-7-3-14(4-8-16)11-12-19-18(21)13-20-15-5-9-17(23-2)10-6-15/h3-10,20H,11-13H2,1-2H3,(H,19,21). The molecule has 2 rings (SSSR count). The third-order valence-corrected chi connectivity index (χ3v) is 3.44. The third kappa shape index (κ3) is 5.54. The topological polar surface area (TPSA) is 59.6 Å². The number of ether oxygens (including phenoxy) is 2. The minimum atomic E-state index is -0.0330. The zero-order valence-electron chi connectivity index (χ0n) is 13.5. The van der Waals surface area contributed by atoms with Gasteiger partial charge in [0.25, 0.3) is 0 Å². The van der Waals surface area contributed by atoms with E-state index >= 15 is 0 Å². The first kappa shape index (κ1) is 16.7. The molecule has 2 N–H and O–H groups in total. The predicted molar refractivity (Wildman–Crippen MR) is 91.2 cm³/mol. The van der Waals surface area contributed by atoms with E-state index in [0.717, 1.165) is 29.2 Å². The number of carbonyl (C=O) groups is 1. The van der Waals surface area contributed by atoms with Gasteiger partial charge >= 0.3 is 0 Å². The normalized spacial score (nSPS) is 10.0. The highest BCUT2D eigenvalue weighted by molar-refractivity contribution is 5.80. The minimum absolute atomic E-state index is 0.0330. The summed E-state index contributed by atoms with van der Waals surface area (Å²) in [6.45, 7) is 0.852. The van der Waals surface area contributed by atoms with Gasteiger partial charge in [-0.15, -0.1) is 0 Å². The van der Waals surface area contributed by atoms with Crippen molar-refractivity contribution in [1.29, 1.82) is 0 Å². The number of rotatable bonds is 8. The molecular formula is C18H22N2O3. The average molecular weight is 314 g/mol. The van der Waals surface area contributed by atoms with Gasteiger partial charge in [-0.05, 0) is 48.4 Å². The van der Waals surface area contributed by atoms with Crippen LogP contribution in [0.4, 0.5) is 5.69 Å². The molecule has 2 aromatic carbocycles. The van der Waals surface area contributed by atoms with Crippen molar-refractivity contribution in [3.8, 4) is 11.5 Å². The van der Waals surface area contributed by atoms with Crippen LogP contribution in [0.2, 0.25) is 0 Å². The number of nitrogens with one attached hydrogen (secondary N) is 2. The molecule has 5 heteroatoms. The quantitative estimate of drug-likeness (QED) is 0.786. The lowest BCUT2D eigenvalue weighted by Gasteiger charge is -2.09. The highest BCUT2D eigenvalue weighted by Crippen LogP contribution is 2.14. The molecular weight excluding hydrogens is 292 g/mol. The first-order valence-corrected chi connectivity index (χ1v) is 7.49. The van der Waals surface area contributed by atoms with Gasteiger partial charge in [0.1, 0.15) is 11.5 Å². The summed E-state index contributed by atoms with van der Waals surface area (Å²) in [7, 11) is 3.27. The molecule has 5 nitrogen and oxygen atoms in total. The van der Waals surface area contributed by atoms with E-state index in [2.05, 4.69) is 10.6 Å². The summed E-state index contributed by atoms with van der Waals surface area (Å²) in [5.74, 6) is 1.59. The van der Waals surface area contributed by atoms with Crippen molar-refractivity contribution in [3.05, 3.63) is 54.1 Å². The van der Waals surface area contributed by atoms with E-state index in [1.807, 2.05) is 48.5 Å². The van der Waals surface area contributed by atoms with Crippen LogP contribution in [0.15, 0.2) is 48.5 Å². The maximum atomic E-state index is 11.8. The number of hydrogen-bond acceptors (Lipinski definition) is 4. The second-order valence-corrected chi connectivity index (χ2v) is 5.03. The zero-order valence-corrected chi connectivity index (χ0v) is 13.5. The second-order valence-electron chi connectivity index (χ2n) is 5.03. The Kier molecular flexibility index (Phi) is 6.29. The summed E-state index contributed by atoms with van der Waals surface area (Å²) in [4.78, 5) is 11.8. The maximum absolute atomic E-state index is 11.8. The molecule has 0 aromatic heterocycles. The number of benzene rings is 2. The maximum Gasteiger partial charge on any atom is 0.239 e. The first-order valence-electron chi connectivity index (χ1n) is 7.49. The fourth-order valence-corrected chi connectivity index (χ4v) is 2.09. The van der Waals surface area contributed by atoms with Crippen LogP contribution in [0.25, 0.3) is 0 Å². The summed E-state index contributed by atoms with van der Waals surface area (Å²) in [5.41, 5.74) is 2.05. The molecule has 0 aliphatic heterocycles. The van der Waals surface area contributed by atoms with Crippen LogP contribution in [0.5, 0.6) is 11.5 Å². The first-order chi connectivity index (χ1) is 11.2. The number of carbonyl (C=O) groups excluding carboxylic acids is 1. The smallest absolute Gasteiger partial charge is 0.239 e. The van der Waals surface area contributed by atoms with Crippen LogP contribution in [0, 0.1) is 0 Å². The van der Waals surface area contributed by atoms with Gasteiger partial charge in [0, 0.05) is 12.2 Å². The van der Waals surface area contributed by atoms with E-state index < -0.39 is 0 Å². The van der Waals surface area contributed by atoms with Crippen LogP contribution in [0.3, 0.4) is 0 Å². The molecule has 122 valence electrons. The van der Waals surface area contributed by atoms with Crippen molar-refractivity contribution in [1.82, 2.24) is 5.32 Å². The second kappa shape index (κ2) is 8.68. The molecule has 0 atom stereocenters. The van der Waals surface area contributed by atoms with Gasteiger partial charge in [0.2, 0.25) is 5.91 Å². The Morgan fingerprint density at radius 1 is 0.913 bits per heavy atom. The van der Waals surface area contributed by atoms with Crippen LogP contribution in [-0.2, 0) is 11.2 Å². The fourth-order valence-electron chi connectivity index (χ4n) is 2.09. The van der Waals surface area contributed by atoms with Gasteiger partial charge in [-0.1, -0.05) is 12.1 Å². The van der Waals surface area contributed by atoms with E-state index in [1.165, 1.54) is 0 Å². The molecule has 0 aliphatic carbocycles. The molecule has 23 heavy (non-hydrogen) atoms. The largest absolute Gasteiger partial charge is 0.497 e. The SMILES string of the molecule is COc1ccc(CCNC(=O)CNc2ccc(OC)cc2)cc1. The number of methoxy groups -OCH3 is 2. The summed E-state index contributed by atoms with van der Waals surface area (Å²) in [6, 6.07) is 15.3. The van der Waals surface area contributed by atoms with Gasteiger partial charge in [0.05, 0.1) is 20.8 Å². The van der Waals surface area contributed by atoms with Crippen molar-refractivity contribution in [2.75, 3.05) is 32.6 Å². The van der Waals surface area contributed by atoms with Crippen LogP contribution in [0.1, 0.15) is 5.56 Å². The Hall–Kier alpha value is -2.69. The summed E-state index contributed by atoms with van der Waals surface area (Å²) in [5, 5.41) is 5.97. The lowest BCUT2D eigenvalue weighted by molar-refractivity contribution is -0.119. The van der Waals surface area contributed by atoms with Crippen molar-refractivity contribution < 1.29 is 14.3 Å². The molecule has 0 heterocycles. The van der Waals surface area contributed by atoms with Crippen molar-refractivity contribution >= 4 is 11.6 Å². The van der Waals surface area contributed by atoms with E-state index in [1.54, 1.807) is 14.2 Å². The van der Waals surface area contributed by atoms with E-state index in [9.17, 15) is 4.79 Å². The zero-order chi connectivity index (χ0) is 16.5. The third-order valence-electron chi connectivity index (χ3n) is 3.44. The molecule has 2 aromatic rings. The Balaban J connectivity index is 1.67. The average Bonchev–Trinajstić information content (AvgIpc) is 2.61. The molecule has 0 fully saturated rings. The Labute approximate surface area is 136 Å². The monoisotopic (exact) mass is 314 g/mol. The number of hydrogen-bond donors (Lipinski definition) is 2. The van der Waals surface area contributed by atoms with Crippen LogP contribution in [-0.4, -0.2) is 33.2 Å². The van der Waals surface area contributed by atoms with Gasteiger partial charge < -0.3 is 20.1 Å². The van der Waals surface area contributed by atoms with E-state index in [4.69, 9.17) is 9.47 Å². The highest BCUT2D eigenvalue weighted by atomic mass is 16.5. The number of amides is 1. The molecule has 0 bridgehead atoms. The van der Waals surface area contributed by atoms with Crippen molar-refractivity contribution in [2.24, 2.45) is 0 Å². The molecule has 0 radical (unpaired) electrons. The van der Waals surface area contributed by atoms with Gasteiger partial charge in [-0.2, -0.15) is 0 Å². The minimum Gasteiger partial charge on any atom is -0.497 e. The highest BCUT2D eigenvalue weighted by Gasteiger charge is 2.01. The van der Waals surface area contributed by atoms with Gasteiger partial charge in [0.15, 0.2) is 0 Å². The Morgan fingerprint density at radius 2 is 1.48 bits per heavy atom. The summed E-state index contributed by atoms with van der Waals surface area (Å²) >= 11 is 0. The Morgan fingerprint density at radius 3 is 2.04 bits per heavy atom. The molecule has 1 amide bonds. The van der Waals surface area contributed by atoms with E-state index in [0.29, 0.717) is 6.54 Å². The summed E-state index contributed by atoms with van der Waals surface area (Å²) < 4.78 is 10.2. The van der Waals surface area contributed by atoms with E-state index in [-0.39, 0.29) is 12.5 Å². The molecule has 0 aliphatic rings. The number of anilines is 1. The lowest BCUT2D eigenvalue weighted by Crippen LogP contribution is -2.31. The molecule has 0 spiro atoms. The van der Waals surface area contributed by atoms with Crippen molar-refractivity contribution in [2.45, 2.75) is 6.42 Å². The molecule has 0 unspecified atom stereocenters. The predicted octanol–water partition coefficient (Wildman–Crippen LogP) is 2.47. The molecule has 0 saturated heterocycles. The lowest BCUT2D eigenvalue weighted by atomic mass is 10.1. The van der Waals surface area contributed by atoms with Gasteiger partial charge in [-0.25, -0.2) is 0 Å². The van der Waals surface area contributed by atoms with Crippen LogP contribution >= 0.6 is 0 Å².